The van der Waals surface area contributed by atoms with Crippen LogP contribution in [0.1, 0.15) is 22.7 Å². The number of rotatable bonds is 3. The third-order valence-corrected chi connectivity index (χ3v) is 3.50. The van der Waals surface area contributed by atoms with Gasteiger partial charge < -0.3 is 0 Å². The number of aryl methyl sites for hydroxylation is 1. The van der Waals surface area contributed by atoms with E-state index in [9.17, 15) is 0 Å². The summed E-state index contributed by atoms with van der Waals surface area (Å²) in [6.45, 7) is 2.08. The molecule has 0 spiro atoms. The second-order valence-corrected chi connectivity index (χ2v) is 5.31. The molecular formula is C14H15IN2. The van der Waals surface area contributed by atoms with Gasteiger partial charge in [0.25, 0.3) is 0 Å². The molecule has 2 nitrogen and oxygen atoms in total. The zero-order chi connectivity index (χ0) is 12.3. The molecule has 1 unspecified atom stereocenters. The lowest BCUT2D eigenvalue weighted by Crippen LogP contribution is -2.28. The molecule has 0 fully saturated rings. The van der Waals surface area contributed by atoms with Crippen LogP contribution in [0.2, 0.25) is 0 Å². The van der Waals surface area contributed by atoms with Crippen LogP contribution in [0, 0.1) is 10.5 Å². The molecule has 2 rings (SSSR count). The average molecular weight is 338 g/mol. The van der Waals surface area contributed by atoms with Crippen LogP contribution >= 0.6 is 22.6 Å². The molecule has 0 aromatic heterocycles. The van der Waals surface area contributed by atoms with E-state index in [1.54, 1.807) is 0 Å². The van der Waals surface area contributed by atoms with Gasteiger partial charge in [0.15, 0.2) is 0 Å². The largest absolute Gasteiger partial charge is 0.271 e. The van der Waals surface area contributed by atoms with Gasteiger partial charge in [0, 0.05) is 3.57 Å². The van der Waals surface area contributed by atoms with E-state index in [1.165, 1.54) is 20.3 Å². The quantitative estimate of drug-likeness (QED) is 0.513. The van der Waals surface area contributed by atoms with Gasteiger partial charge >= 0.3 is 0 Å². The fraction of sp³-hybridized carbons (Fsp3) is 0.143. The van der Waals surface area contributed by atoms with E-state index in [4.69, 9.17) is 5.84 Å². The first kappa shape index (κ1) is 12.5. The minimum atomic E-state index is 0.0487. The Kier molecular flexibility index (Phi) is 4.15. The predicted octanol–water partition coefficient (Wildman–Crippen LogP) is 3.15. The van der Waals surface area contributed by atoms with Crippen molar-refractivity contribution in [2.45, 2.75) is 13.0 Å². The topological polar surface area (TPSA) is 38.0 Å². The first-order valence-corrected chi connectivity index (χ1v) is 6.57. The normalized spacial score (nSPS) is 12.4. The van der Waals surface area contributed by atoms with Crippen molar-refractivity contribution >= 4 is 22.6 Å². The van der Waals surface area contributed by atoms with Crippen molar-refractivity contribution in [3.8, 4) is 0 Å². The van der Waals surface area contributed by atoms with E-state index in [2.05, 4.69) is 83.5 Å². The molecule has 2 aromatic carbocycles. The number of hydrazine groups is 1. The summed E-state index contributed by atoms with van der Waals surface area (Å²) in [5, 5.41) is 0. The number of hydrogen-bond acceptors (Lipinski definition) is 2. The smallest absolute Gasteiger partial charge is 0.0710 e. The highest BCUT2D eigenvalue weighted by Crippen LogP contribution is 2.22. The van der Waals surface area contributed by atoms with Crippen molar-refractivity contribution in [2.75, 3.05) is 0 Å². The van der Waals surface area contributed by atoms with E-state index in [1.807, 2.05) is 0 Å². The van der Waals surface area contributed by atoms with Crippen LogP contribution in [0.25, 0.3) is 0 Å². The highest BCUT2D eigenvalue weighted by molar-refractivity contribution is 14.1. The van der Waals surface area contributed by atoms with Crippen molar-refractivity contribution in [3.05, 3.63) is 68.8 Å². The van der Waals surface area contributed by atoms with E-state index in [0.29, 0.717) is 0 Å². The summed E-state index contributed by atoms with van der Waals surface area (Å²) in [5.41, 5.74) is 6.49. The minimum absolute atomic E-state index is 0.0487. The van der Waals surface area contributed by atoms with Crippen molar-refractivity contribution in [1.82, 2.24) is 5.43 Å². The molecular weight excluding hydrogens is 323 g/mol. The molecule has 88 valence electrons. The Hall–Kier alpha value is -0.910. The number of hydrogen-bond donors (Lipinski definition) is 2. The van der Waals surface area contributed by atoms with Crippen molar-refractivity contribution < 1.29 is 0 Å². The van der Waals surface area contributed by atoms with E-state index in [0.717, 1.165) is 0 Å². The second kappa shape index (κ2) is 5.62. The summed E-state index contributed by atoms with van der Waals surface area (Å²) >= 11 is 2.30. The zero-order valence-electron chi connectivity index (χ0n) is 9.65. The Morgan fingerprint density at radius 2 is 1.41 bits per heavy atom. The Morgan fingerprint density at radius 3 is 1.88 bits per heavy atom. The third kappa shape index (κ3) is 3.06. The molecule has 3 heteroatoms. The van der Waals surface area contributed by atoms with Crippen LogP contribution in [-0.4, -0.2) is 0 Å². The van der Waals surface area contributed by atoms with Crippen LogP contribution < -0.4 is 11.3 Å². The molecule has 0 aliphatic carbocycles. The van der Waals surface area contributed by atoms with Crippen LogP contribution in [-0.2, 0) is 0 Å². The summed E-state index contributed by atoms with van der Waals surface area (Å²) in [6, 6.07) is 16.9. The van der Waals surface area contributed by atoms with E-state index in [-0.39, 0.29) is 6.04 Å². The van der Waals surface area contributed by atoms with Gasteiger partial charge in [-0.25, -0.2) is 5.43 Å². The lowest BCUT2D eigenvalue weighted by molar-refractivity contribution is 0.637. The number of halogens is 1. The lowest BCUT2D eigenvalue weighted by atomic mass is 9.98. The molecule has 0 amide bonds. The fourth-order valence-corrected chi connectivity index (χ4v) is 2.16. The maximum absolute atomic E-state index is 5.66. The molecule has 17 heavy (non-hydrogen) atoms. The minimum Gasteiger partial charge on any atom is -0.271 e. The zero-order valence-corrected chi connectivity index (χ0v) is 11.8. The van der Waals surface area contributed by atoms with E-state index >= 15 is 0 Å². The molecule has 0 heterocycles. The Labute approximate surface area is 115 Å². The first-order valence-electron chi connectivity index (χ1n) is 5.49. The summed E-state index contributed by atoms with van der Waals surface area (Å²) in [6.07, 6.45) is 0. The van der Waals surface area contributed by atoms with Crippen LogP contribution in [0.15, 0.2) is 48.5 Å². The van der Waals surface area contributed by atoms with Crippen molar-refractivity contribution in [3.63, 3.8) is 0 Å². The Balaban J connectivity index is 2.33. The molecule has 2 aromatic rings. The van der Waals surface area contributed by atoms with E-state index < -0.39 is 0 Å². The Morgan fingerprint density at radius 1 is 0.941 bits per heavy atom. The van der Waals surface area contributed by atoms with Crippen molar-refractivity contribution in [2.24, 2.45) is 5.84 Å². The Bertz CT molecular complexity index is 431. The van der Waals surface area contributed by atoms with Gasteiger partial charge in [-0.2, -0.15) is 0 Å². The lowest BCUT2D eigenvalue weighted by Gasteiger charge is -2.17. The predicted molar refractivity (Wildman–Crippen MR) is 79.5 cm³/mol. The molecule has 0 radical (unpaired) electrons. The van der Waals surface area contributed by atoms with Crippen LogP contribution in [0.5, 0.6) is 0 Å². The van der Waals surface area contributed by atoms with Gasteiger partial charge in [0.2, 0.25) is 0 Å². The number of benzene rings is 2. The second-order valence-electron chi connectivity index (χ2n) is 4.06. The molecule has 0 saturated carbocycles. The van der Waals surface area contributed by atoms with Gasteiger partial charge in [0.05, 0.1) is 6.04 Å². The first-order chi connectivity index (χ1) is 8.20. The molecule has 0 saturated heterocycles. The summed E-state index contributed by atoms with van der Waals surface area (Å²) in [5.74, 6) is 5.66. The molecule has 3 N–H and O–H groups in total. The molecule has 0 aliphatic heterocycles. The molecule has 0 bridgehead atoms. The number of nitrogens with one attached hydrogen (secondary N) is 1. The van der Waals surface area contributed by atoms with Gasteiger partial charge in [-0.1, -0.05) is 42.0 Å². The van der Waals surface area contributed by atoms with Gasteiger partial charge in [-0.3, -0.25) is 5.84 Å². The highest BCUT2D eigenvalue weighted by Gasteiger charge is 2.11. The SMILES string of the molecule is Cc1ccc(C(NN)c2ccc(I)cc2)cc1. The van der Waals surface area contributed by atoms with Crippen LogP contribution in [0.4, 0.5) is 0 Å². The van der Waals surface area contributed by atoms with Gasteiger partial charge in [0.1, 0.15) is 0 Å². The van der Waals surface area contributed by atoms with Gasteiger partial charge in [-0.15, -0.1) is 0 Å². The molecule has 0 aliphatic rings. The number of nitrogens with two attached hydrogens (primary N) is 1. The monoisotopic (exact) mass is 338 g/mol. The third-order valence-electron chi connectivity index (χ3n) is 2.78. The maximum atomic E-state index is 5.66. The average Bonchev–Trinajstić information content (AvgIpc) is 2.35. The van der Waals surface area contributed by atoms with Gasteiger partial charge in [-0.05, 0) is 52.8 Å². The summed E-state index contributed by atoms with van der Waals surface area (Å²) < 4.78 is 1.23. The summed E-state index contributed by atoms with van der Waals surface area (Å²) in [7, 11) is 0. The molecule has 1 atom stereocenters. The fourth-order valence-electron chi connectivity index (χ4n) is 1.80. The maximum Gasteiger partial charge on any atom is 0.0710 e. The summed E-state index contributed by atoms with van der Waals surface area (Å²) in [4.78, 5) is 0. The van der Waals surface area contributed by atoms with Crippen LogP contribution in [0.3, 0.4) is 0 Å². The van der Waals surface area contributed by atoms with Crippen molar-refractivity contribution in [1.29, 1.82) is 0 Å². The standard InChI is InChI=1S/C14H15IN2/c1-10-2-4-11(5-3-10)14(17-16)12-6-8-13(15)9-7-12/h2-9,14,17H,16H2,1H3. The highest BCUT2D eigenvalue weighted by atomic mass is 127.